The summed E-state index contributed by atoms with van der Waals surface area (Å²) in [4.78, 5) is 85.1. The number of likely N-dealkylation sites (tertiary alicyclic amines) is 2. The van der Waals surface area contributed by atoms with E-state index in [1.807, 2.05) is 41.5 Å². The second-order valence-corrected chi connectivity index (χ2v) is 22.6. The van der Waals surface area contributed by atoms with E-state index >= 15 is 0 Å². The Labute approximate surface area is 434 Å². The van der Waals surface area contributed by atoms with Crippen molar-refractivity contribution < 1.29 is 38.2 Å². The minimum Gasteiger partial charge on any atom is -0.379 e. The lowest BCUT2D eigenvalue weighted by molar-refractivity contribution is -0.144. The standard InChI is InChI=1S/C52H94N8O8.2ClH/c1-35(53-9)45(61)57-43(51(3,4)5)49(65)59-29-21-27-41(59)47(63)55-39(37-23-15-13-16-24-37)33-67-31-19-11-12-20-32-68-34-40(38-25-17-14-18-26-38)56-48(64)42-28-22-30-60(42)50(66)44(52(6,7)8)58-46(62)36(2)54-10;;/h35-44,53-54H,11-34H2,1-10H3,(H,55,63)(H,56,64)(H,57,61)(H,58,62);2*1H/t35-,36-,39+,40+,41-,42-,43+,44+;;/m0../s1. The number of likely N-dealkylation sites (N-methyl/N-ethyl adjacent to an activating group) is 2. The van der Waals surface area contributed by atoms with Crippen molar-refractivity contribution in [1.82, 2.24) is 41.7 Å². The quantitative estimate of drug-likeness (QED) is 0.0607. The molecular weight excluding hydrogens is 936 g/mol. The Morgan fingerprint density at radius 3 is 1.16 bits per heavy atom. The SMILES string of the molecule is CN[C@@H](C)C(=O)N[C@H](C(=O)N1CCC[C@H]1C(=O)N[C@H](COCCCCCCOC[C@@H](NC(=O)[C@@H]1CCCN1C(=O)[C@@H](NC(=O)[C@H](C)NC)C(C)(C)C)C1CCCCC1)C1CCCCC1)C(C)(C)C.Cl.Cl. The average Bonchev–Trinajstić information content (AvgIpc) is 4.02. The third-order valence-corrected chi connectivity index (χ3v) is 15.1. The lowest BCUT2D eigenvalue weighted by atomic mass is 9.84. The lowest BCUT2D eigenvalue weighted by Crippen LogP contribution is -2.60. The zero-order valence-electron chi connectivity index (χ0n) is 44.7. The molecule has 2 aliphatic heterocycles. The fourth-order valence-corrected chi connectivity index (χ4v) is 10.4. The number of carbonyl (C=O) groups is 6. The van der Waals surface area contributed by atoms with Gasteiger partial charge in [-0.25, -0.2) is 0 Å². The van der Waals surface area contributed by atoms with Crippen LogP contribution in [0.5, 0.6) is 0 Å². The predicted molar refractivity (Wildman–Crippen MR) is 281 cm³/mol. The number of hydrogen-bond donors (Lipinski definition) is 6. The van der Waals surface area contributed by atoms with Gasteiger partial charge in [0.05, 0.1) is 37.4 Å². The highest BCUT2D eigenvalue weighted by Gasteiger charge is 2.45. The van der Waals surface area contributed by atoms with Gasteiger partial charge in [0, 0.05) is 26.3 Å². The second kappa shape index (κ2) is 31.1. The third-order valence-electron chi connectivity index (χ3n) is 15.1. The Hall–Kier alpha value is -2.76. The Kier molecular flexibility index (Phi) is 28.1. The molecule has 6 N–H and O–H groups in total. The van der Waals surface area contributed by atoms with E-state index in [2.05, 4.69) is 31.9 Å². The minimum atomic E-state index is -0.758. The van der Waals surface area contributed by atoms with E-state index in [-0.39, 0.29) is 72.3 Å². The molecule has 0 radical (unpaired) electrons. The van der Waals surface area contributed by atoms with Crippen LogP contribution in [0.3, 0.4) is 0 Å². The molecule has 0 aromatic rings. The Balaban J connectivity index is 0.00000840. The Bertz CT molecular complexity index is 1500. The van der Waals surface area contributed by atoms with Gasteiger partial charge >= 0.3 is 0 Å². The number of hydrogen-bond acceptors (Lipinski definition) is 10. The summed E-state index contributed by atoms with van der Waals surface area (Å²) in [5.41, 5.74) is -1.08. The molecule has 18 heteroatoms. The normalized spacial score (nSPS) is 21.8. The van der Waals surface area contributed by atoms with Crippen LogP contribution in [-0.4, -0.2) is 147 Å². The largest absolute Gasteiger partial charge is 0.379 e. The van der Waals surface area contributed by atoms with Gasteiger partial charge in [0.15, 0.2) is 0 Å². The van der Waals surface area contributed by atoms with Crippen molar-refractivity contribution >= 4 is 60.3 Å². The van der Waals surface area contributed by atoms with Crippen molar-refractivity contribution in [3.05, 3.63) is 0 Å². The molecule has 6 amide bonds. The monoisotopic (exact) mass is 1030 g/mol. The summed E-state index contributed by atoms with van der Waals surface area (Å²) in [5.74, 6) is -0.534. The molecule has 8 atom stereocenters. The van der Waals surface area contributed by atoms with Gasteiger partial charge in [-0.3, -0.25) is 28.8 Å². The molecule has 2 heterocycles. The van der Waals surface area contributed by atoms with Gasteiger partial charge in [-0.1, -0.05) is 92.9 Å². The van der Waals surface area contributed by atoms with Gasteiger partial charge in [-0.05, 0) is 115 Å². The van der Waals surface area contributed by atoms with Crippen molar-refractivity contribution in [3.8, 4) is 0 Å². The van der Waals surface area contributed by atoms with Gasteiger partial charge in [-0.15, -0.1) is 24.8 Å². The molecule has 4 aliphatic rings. The van der Waals surface area contributed by atoms with Crippen LogP contribution in [0.4, 0.5) is 0 Å². The molecule has 0 unspecified atom stereocenters. The highest BCUT2D eigenvalue weighted by Crippen LogP contribution is 2.31. The summed E-state index contributed by atoms with van der Waals surface area (Å²) < 4.78 is 12.5. The van der Waals surface area contributed by atoms with Crippen LogP contribution in [0.2, 0.25) is 0 Å². The van der Waals surface area contributed by atoms with Gasteiger partial charge in [0.1, 0.15) is 24.2 Å². The number of halogens is 2. The zero-order valence-corrected chi connectivity index (χ0v) is 46.4. The maximum absolute atomic E-state index is 14.0. The average molecular weight is 1030 g/mol. The summed E-state index contributed by atoms with van der Waals surface area (Å²) in [6.45, 7) is 18.2. The van der Waals surface area contributed by atoms with Crippen LogP contribution in [-0.2, 0) is 38.2 Å². The first-order valence-corrected chi connectivity index (χ1v) is 26.6. The lowest BCUT2D eigenvalue weighted by Gasteiger charge is -2.37. The number of ether oxygens (including phenoxy) is 2. The molecule has 2 saturated carbocycles. The summed E-state index contributed by atoms with van der Waals surface area (Å²) in [5, 5.41) is 18.5. The van der Waals surface area contributed by atoms with Gasteiger partial charge < -0.3 is 51.2 Å². The Morgan fingerprint density at radius 2 is 0.843 bits per heavy atom. The summed E-state index contributed by atoms with van der Waals surface area (Å²) in [7, 11) is 3.42. The molecule has 2 saturated heterocycles. The molecule has 70 heavy (non-hydrogen) atoms. The maximum Gasteiger partial charge on any atom is 0.246 e. The van der Waals surface area contributed by atoms with Crippen LogP contribution >= 0.6 is 24.8 Å². The van der Waals surface area contributed by atoms with Crippen molar-refractivity contribution in [2.24, 2.45) is 22.7 Å². The molecule has 4 fully saturated rings. The van der Waals surface area contributed by atoms with Crippen molar-refractivity contribution in [1.29, 1.82) is 0 Å². The number of amides is 6. The van der Waals surface area contributed by atoms with E-state index in [9.17, 15) is 28.8 Å². The van der Waals surface area contributed by atoms with Crippen LogP contribution in [0, 0.1) is 22.7 Å². The molecule has 16 nitrogen and oxygen atoms in total. The van der Waals surface area contributed by atoms with E-state index in [0.29, 0.717) is 64.2 Å². The number of carbonyl (C=O) groups excluding carboxylic acids is 6. The predicted octanol–water partition coefficient (Wildman–Crippen LogP) is 5.81. The number of unbranched alkanes of at least 4 members (excludes halogenated alkanes) is 3. The van der Waals surface area contributed by atoms with E-state index in [1.54, 1.807) is 37.7 Å². The maximum atomic E-state index is 14.0. The molecular formula is C52H96Cl2N8O8. The first-order chi connectivity index (χ1) is 32.3. The van der Waals surface area contributed by atoms with E-state index in [0.717, 1.165) is 89.9 Å². The van der Waals surface area contributed by atoms with Gasteiger partial charge in [-0.2, -0.15) is 0 Å². The molecule has 0 bridgehead atoms. The second-order valence-electron chi connectivity index (χ2n) is 22.6. The van der Waals surface area contributed by atoms with Crippen LogP contribution in [0.15, 0.2) is 0 Å². The van der Waals surface area contributed by atoms with Crippen molar-refractivity contribution in [2.75, 3.05) is 53.6 Å². The van der Waals surface area contributed by atoms with Gasteiger partial charge in [0.25, 0.3) is 0 Å². The first-order valence-electron chi connectivity index (χ1n) is 26.6. The number of nitrogens with one attached hydrogen (secondary N) is 6. The van der Waals surface area contributed by atoms with Crippen molar-refractivity contribution in [3.63, 3.8) is 0 Å². The molecule has 0 aromatic heterocycles. The summed E-state index contributed by atoms with van der Waals surface area (Å²) in [6.07, 6.45) is 17.5. The molecule has 4 rings (SSSR count). The first kappa shape index (κ1) is 63.4. The highest BCUT2D eigenvalue weighted by atomic mass is 35.5. The fourth-order valence-electron chi connectivity index (χ4n) is 10.4. The van der Waals surface area contributed by atoms with Crippen molar-refractivity contribution in [2.45, 2.75) is 219 Å². The summed E-state index contributed by atoms with van der Waals surface area (Å²) in [6, 6.07) is -3.83. The molecule has 0 spiro atoms. The van der Waals surface area contributed by atoms with Crippen LogP contribution < -0.4 is 31.9 Å². The fraction of sp³-hybridized carbons (Fsp3) is 0.885. The van der Waals surface area contributed by atoms with E-state index in [1.165, 1.54) is 12.8 Å². The molecule has 0 aromatic carbocycles. The van der Waals surface area contributed by atoms with Crippen LogP contribution in [0.1, 0.15) is 171 Å². The van der Waals surface area contributed by atoms with E-state index < -0.39 is 47.1 Å². The molecule has 406 valence electrons. The summed E-state index contributed by atoms with van der Waals surface area (Å²) >= 11 is 0. The smallest absolute Gasteiger partial charge is 0.246 e. The van der Waals surface area contributed by atoms with Gasteiger partial charge in [0.2, 0.25) is 35.4 Å². The minimum absolute atomic E-state index is 0. The Morgan fingerprint density at radius 1 is 0.500 bits per heavy atom. The molecule has 2 aliphatic carbocycles. The van der Waals surface area contributed by atoms with Crippen LogP contribution in [0.25, 0.3) is 0 Å². The number of nitrogens with zero attached hydrogens (tertiary/aromatic N) is 2. The van der Waals surface area contributed by atoms with E-state index in [4.69, 9.17) is 9.47 Å². The zero-order chi connectivity index (χ0) is 50.0. The highest BCUT2D eigenvalue weighted by molar-refractivity contribution is 5.95. The third kappa shape index (κ3) is 19.3. The topological polar surface area (TPSA) is 200 Å². The number of rotatable bonds is 25.